The van der Waals surface area contributed by atoms with E-state index in [0.717, 1.165) is 34.9 Å². The highest BCUT2D eigenvalue weighted by atomic mass is 32.2. The van der Waals surface area contributed by atoms with Crippen LogP contribution in [0.5, 0.6) is 5.75 Å². The fraction of sp³-hybridized carbons (Fsp3) is 0.316. The van der Waals surface area contributed by atoms with E-state index in [0.29, 0.717) is 6.42 Å². The van der Waals surface area contributed by atoms with Crippen molar-refractivity contribution in [3.63, 3.8) is 0 Å². The summed E-state index contributed by atoms with van der Waals surface area (Å²) >= 11 is 1.83. The predicted octanol–water partition coefficient (Wildman–Crippen LogP) is 4.66. The van der Waals surface area contributed by atoms with E-state index in [1.807, 2.05) is 61.2 Å². The van der Waals surface area contributed by atoms with Gasteiger partial charge in [0.2, 0.25) is 5.91 Å². The summed E-state index contributed by atoms with van der Waals surface area (Å²) < 4.78 is 5.34. The van der Waals surface area contributed by atoms with Gasteiger partial charge < -0.3 is 10.1 Å². The van der Waals surface area contributed by atoms with Crippen LogP contribution in [0.3, 0.4) is 0 Å². The molecule has 0 saturated heterocycles. The van der Waals surface area contributed by atoms with E-state index < -0.39 is 0 Å². The van der Waals surface area contributed by atoms with Crippen molar-refractivity contribution < 1.29 is 9.53 Å². The number of aryl methyl sites for hydroxylation is 1. The highest BCUT2D eigenvalue weighted by Crippen LogP contribution is 2.23. The lowest BCUT2D eigenvalue weighted by atomic mass is 10.2. The standard InChI is InChI=1S/C19H23NO2S/c1-15-7-5-9-17(13-15)20-19(21)11-6-12-23-14-16-8-3-4-10-18(16)22-2/h3-5,7-10,13H,6,11-12,14H2,1-2H3,(H,20,21). The highest BCUT2D eigenvalue weighted by Gasteiger charge is 2.04. The molecule has 0 aliphatic rings. The van der Waals surface area contributed by atoms with Crippen LogP contribution < -0.4 is 10.1 Å². The van der Waals surface area contributed by atoms with Gasteiger partial charge in [-0.15, -0.1) is 0 Å². The third-order valence-electron chi connectivity index (χ3n) is 3.44. The van der Waals surface area contributed by atoms with Crippen LogP contribution in [0.1, 0.15) is 24.0 Å². The molecule has 23 heavy (non-hydrogen) atoms. The van der Waals surface area contributed by atoms with Crippen LogP contribution in [0.2, 0.25) is 0 Å². The number of amides is 1. The average molecular weight is 329 g/mol. The van der Waals surface area contributed by atoms with Crippen molar-refractivity contribution in [3.8, 4) is 5.75 Å². The SMILES string of the molecule is COc1ccccc1CSCCCC(=O)Nc1cccc(C)c1. The number of ether oxygens (including phenoxy) is 1. The predicted molar refractivity (Wildman–Crippen MR) is 98.2 cm³/mol. The van der Waals surface area contributed by atoms with Gasteiger partial charge in [0.15, 0.2) is 0 Å². The first-order valence-corrected chi connectivity index (χ1v) is 8.90. The van der Waals surface area contributed by atoms with Gasteiger partial charge in [0, 0.05) is 23.4 Å². The van der Waals surface area contributed by atoms with E-state index in [9.17, 15) is 4.79 Å². The summed E-state index contributed by atoms with van der Waals surface area (Å²) in [6.45, 7) is 2.02. The number of thioether (sulfide) groups is 1. The Morgan fingerprint density at radius 1 is 1.17 bits per heavy atom. The number of hydrogen-bond donors (Lipinski definition) is 1. The van der Waals surface area contributed by atoms with Gasteiger partial charge in [-0.05, 0) is 42.9 Å². The third-order valence-corrected chi connectivity index (χ3v) is 4.54. The van der Waals surface area contributed by atoms with Crippen molar-refractivity contribution in [2.24, 2.45) is 0 Å². The number of benzene rings is 2. The van der Waals surface area contributed by atoms with Crippen LogP contribution in [0.25, 0.3) is 0 Å². The van der Waals surface area contributed by atoms with Crippen LogP contribution in [-0.2, 0) is 10.5 Å². The van der Waals surface area contributed by atoms with Crippen LogP contribution in [-0.4, -0.2) is 18.8 Å². The van der Waals surface area contributed by atoms with Gasteiger partial charge in [-0.2, -0.15) is 11.8 Å². The topological polar surface area (TPSA) is 38.3 Å². The molecule has 2 rings (SSSR count). The molecule has 122 valence electrons. The molecule has 0 radical (unpaired) electrons. The number of hydrogen-bond acceptors (Lipinski definition) is 3. The molecule has 0 unspecified atom stereocenters. The Balaban J connectivity index is 1.66. The molecular formula is C19H23NO2S. The molecule has 0 aliphatic carbocycles. The van der Waals surface area contributed by atoms with Gasteiger partial charge >= 0.3 is 0 Å². The molecule has 1 amide bonds. The Labute approximate surface area is 142 Å². The number of methoxy groups -OCH3 is 1. The van der Waals surface area contributed by atoms with Crippen molar-refractivity contribution in [3.05, 3.63) is 59.7 Å². The number of para-hydroxylation sites is 1. The zero-order valence-corrected chi connectivity index (χ0v) is 14.5. The molecule has 0 heterocycles. The second-order valence-corrected chi connectivity index (χ2v) is 6.49. The number of nitrogens with one attached hydrogen (secondary N) is 1. The number of rotatable bonds is 8. The average Bonchev–Trinajstić information content (AvgIpc) is 2.55. The van der Waals surface area contributed by atoms with Gasteiger partial charge in [-0.25, -0.2) is 0 Å². The number of anilines is 1. The first kappa shape index (κ1) is 17.4. The Morgan fingerprint density at radius 3 is 2.78 bits per heavy atom. The smallest absolute Gasteiger partial charge is 0.224 e. The first-order valence-electron chi connectivity index (χ1n) is 7.75. The van der Waals surface area contributed by atoms with Gasteiger partial charge in [0.05, 0.1) is 7.11 Å². The van der Waals surface area contributed by atoms with Crippen LogP contribution >= 0.6 is 11.8 Å². The summed E-state index contributed by atoms with van der Waals surface area (Å²) in [6.07, 6.45) is 1.42. The third kappa shape index (κ3) is 5.99. The molecule has 0 bridgehead atoms. The van der Waals surface area contributed by atoms with E-state index >= 15 is 0 Å². The van der Waals surface area contributed by atoms with Crippen molar-refractivity contribution >= 4 is 23.4 Å². The van der Waals surface area contributed by atoms with Gasteiger partial charge in [-0.1, -0.05) is 30.3 Å². The molecule has 4 heteroatoms. The molecule has 2 aromatic carbocycles. The van der Waals surface area contributed by atoms with E-state index in [1.54, 1.807) is 7.11 Å². The van der Waals surface area contributed by atoms with Crippen molar-refractivity contribution in [2.45, 2.75) is 25.5 Å². The van der Waals surface area contributed by atoms with Gasteiger partial charge in [0.1, 0.15) is 5.75 Å². The normalized spacial score (nSPS) is 10.3. The lowest BCUT2D eigenvalue weighted by Crippen LogP contribution is -2.11. The minimum Gasteiger partial charge on any atom is -0.496 e. The Kier molecular flexibility index (Phi) is 7.01. The summed E-state index contributed by atoms with van der Waals surface area (Å²) in [7, 11) is 1.69. The molecule has 3 nitrogen and oxygen atoms in total. The maximum Gasteiger partial charge on any atom is 0.224 e. The van der Waals surface area contributed by atoms with E-state index in [1.165, 1.54) is 5.56 Å². The largest absolute Gasteiger partial charge is 0.496 e. The summed E-state index contributed by atoms with van der Waals surface area (Å²) in [6, 6.07) is 15.9. The van der Waals surface area contributed by atoms with Gasteiger partial charge in [0.25, 0.3) is 0 Å². The van der Waals surface area contributed by atoms with Crippen LogP contribution in [0.15, 0.2) is 48.5 Å². The summed E-state index contributed by atoms with van der Waals surface area (Å²) in [5.74, 6) is 2.87. The lowest BCUT2D eigenvalue weighted by Gasteiger charge is -2.08. The van der Waals surface area contributed by atoms with E-state index in [-0.39, 0.29) is 5.91 Å². The molecule has 0 aromatic heterocycles. The van der Waals surface area contributed by atoms with E-state index in [4.69, 9.17) is 4.74 Å². The van der Waals surface area contributed by atoms with Crippen LogP contribution in [0, 0.1) is 6.92 Å². The van der Waals surface area contributed by atoms with Crippen molar-refractivity contribution in [1.29, 1.82) is 0 Å². The molecular weight excluding hydrogens is 306 g/mol. The fourth-order valence-corrected chi connectivity index (χ4v) is 3.24. The molecule has 0 atom stereocenters. The summed E-state index contributed by atoms with van der Waals surface area (Å²) in [5, 5.41) is 2.94. The maximum absolute atomic E-state index is 11.9. The van der Waals surface area contributed by atoms with Crippen molar-refractivity contribution in [2.75, 3.05) is 18.2 Å². The molecule has 0 fully saturated rings. The second kappa shape index (κ2) is 9.26. The Hall–Kier alpha value is -1.94. The highest BCUT2D eigenvalue weighted by molar-refractivity contribution is 7.98. The molecule has 2 aromatic rings. The van der Waals surface area contributed by atoms with Crippen LogP contribution in [0.4, 0.5) is 5.69 Å². The number of carbonyl (C=O) groups excluding carboxylic acids is 1. The Morgan fingerprint density at radius 2 is 2.00 bits per heavy atom. The lowest BCUT2D eigenvalue weighted by molar-refractivity contribution is -0.116. The zero-order chi connectivity index (χ0) is 16.5. The second-order valence-electron chi connectivity index (χ2n) is 5.39. The minimum atomic E-state index is 0.0773. The molecule has 0 spiro atoms. The monoisotopic (exact) mass is 329 g/mol. The fourth-order valence-electron chi connectivity index (χ4n) is 2.29. The summed E-state index contributed by atoms with van der Waals surface area (Å²) in [4.78, 5) is 11.9. The number of carbonyl (C=O) groups is 1. The molecule has 0 saturated carbocycles. The first-order chi connectivity index (χ1) is 11.2. The maximum atomic E-state index is 11.9. The molecule has 1 N–H and O–H groups in total. The summed E-state index contributed by atoms with van der Waals surface area (Å²) in [5.41, 5.74) is 3.22. The Bertz CT molecular complexity index is 643. The van der Waals surface area contributed by atoms with Gasteiger partial charge in [-0.3, -0.25) is 4.79 Å². The molecule has 0 aliphatic heterocycles. The minimum absolute atomic E-state index is 0.0773. The van der Waals surface area contributed by atoms with Crippen molar-refractivity contribution in [1.82, 2.24) is 0 Å². The quantitative estimate of drug-likeness (QED) is 0.716. The van der Waals surface area contributed by atoms with E-state index in [2.05, 4.69) is 11.4 Å². The zero-order valence-electron chi connectivity index (χ0n) is 13.7.